The maximum Gasteiger partial charge on any atom is 0.222 e. The number of likely N-dealkylation sites (tertiary alicyclic amines) is 1. The highest BCUT2D eigenvalue weighted by molar-refractivity contribution is 5.78. The van der Waals surface area contributed by atoms with E-state index >= 15 is 0 Å². The summed E-state index contributed by atoms with van der Waals surface area (Å²) in [4.78, 5) is 21.3. The van der Waals surface area contributed by atoms with E-state index in [1.807, 2.05) is 4.90 Å². The number of carbonyl (C=O) groups is 1. The van der Waals surface area contributed by atoms with Crippen molar-refractivity contribution < 1.29 is 4.79 Å². The molecule has 0 aromatic carbocycles. The number of rotatable bonds is 5. The molecule has 0 aliphatic carbocycles. The number of hydrogen-bond acceptors (Lipinski definition) is 4. The Morgan fingerprint density at radius 3 is 2.88 bits per heavy atom. The van der Waals surface area contributed by atoms with Crippen molar-refractivity contribution in [2.45, 2.75) is 32.4 Å². The van der Waals surface area contributed by atoms with Crippen molar-refractivity contribution in [3.05, 3.63) is 24.3 Å². The van der Waals surface area contributed by atoms with Crippen LogP contribution < -0.4 is 5.32 Å². The van der Waals surface area contributed by atoms with Gasteiger partial charge in [0.05, 0.1) is 0 Å². The lowest BCUT2D eigenvalue weighted by Crippen LogP contribution is -2.39. The third-order valence-electron chi connectivity index (χ3n) is 2.93. The first kappa shape index (κ1) is 12.0. The Kier molecular flexibility index (Phi) is 4.03. The van der Waals surface area contributed by atoms with Crippen LogP contribution in [-0.2, 0) is 11.3 Å². The van der Waals surface area contributed by atoms with Gasteiger partial charge < -0.3 is 10.2 Å². The van der Waals surface area contributed by atoms with E-state index in [1.54, 1.807) is 12.4 Å². The monoisotopic (exact) mass is 234 g/mol. The largest absolute Gasteiger partial charge is 0.341 e. The third-order valence-corrected chi connectivity index (χ3v) is 2.93. The van der Waals surface area contributed by atoms with Crippen LogP contribution >= 0.6 is 0 Å². The predicted octanol–water partition coefficient (Wildman–Crippen LogP) is 0.577. The molecule has 92 valence electrons. The molecule has 1 aliphatic heterocycles. The quantitative estimate of drug-likeness (QED) is 0.809. The highest BCUT2D eigenvalue weighted by Gasteiger charge is 2.21. The number of nitrogens with zero attached hydrogens (tertiary/aromatic N) is 3. The van der Waals surface area contributed by atoms with Gasteiger partial charge in [-0.25, -0.2) is 9.97 Å². The molecule has 5 heteroatoms. The van der Waals surface area contributed by atoms with Crippen LogP contribution in [0.4, 0.5) is 0 Å². The second-order valence-electron chi connectivity index (χ2n) is 4.47. The average molecular weight is 234 g/mol. The van der Waals surface area contributed by atoms with Crippen molar-refractivity contribution in [1.82, 2.24) is 20.2 Å². The molecule has 1 N–H and O–H groups in total. The lowest BCUT2D eigenvalue weighted by Gasteiger charge is -2.21. The normalized spacial score (nSPS) is 17.5. The lowest BCUT2D eigenvalue weighted by atomic mass is 10.2. The van der Waals surface area contributed by atoms with E-state index in [2.05, 4.69) is 22.2 Å². The minimum atomic E-state index is 0.279. The molecule has 2 rings (SSSR count). The van der Waals surface area contributed by atoms with Gasteiger partial charge in [0.15, 0.2) is 0 Å². The van der Waals surface area contributed by atoms with Crippen molar-refractivity contribution in [1.29, 1.82) is 0 Å². The first-order chi connectivity index (χ1) is 8.25. The van der Waals surface area contributed by atoms with Crippen LogP contribution in [0.15, 0.2) is 18.7 Å². The number of aromatic nitrogens is 2. The highest BCUT2D eigenvalue weighted by Crippen LogP contribution is 2.09. The predicted molar refractivity (Wildman–Crippen MR) is 64.1 cm³/mol. The maximum atomic E-state index is 11.5. The molecule has 1 amide bonds. The lowest BCUT2D eigenvalue weighted by molar-refractivity contribution is -0.127. The van der Waals surface area contributed by atoms with Crippen molar-refractivity contribution in [2.75, 3.05) is 13.1 Å². The average Bonchev–Trinajstić information content (AvgIpc) is 2.74. The molecule has 1 aromatic heterocycles. The van der Waals surface area contributed by atoms with Gasteiger partial charge in [0.2, 0.25) is 5.91 Å². The van der Waals surface area contributed by atoms with Crippen molar-refractivity contribution >= 4 is 5.91 Å². The van der Waals surface area contributed by atoms with Crippen LogP contribution in [0.1, 0.15) is 25.3 Å². The van der Waals surface area contributed by atoms with Crippen LogP contribution in [0, 0.1) is 0 Å². The summed E-state index contributed by atoms with van der Waals surface area (Å²) in [6, 6.07) is 0.289. The molecule has 0 bridgehead atoms. The van der Waals surface area contributed by atoms with E-state index in [4.69, 9.17) is 0 Å². The third kappa shape index (κ3) is 3.49. The van der Waals surface area contributed by atoms with Gasteiger partial charge >= 0.3 is 0 Å². The Morgan fingerprint density at radius 2 is 2.24 bits per heavy atom. The molecule has 0 saturated carbocycles. The summed E-state index contributed by atoms with van der Waals surface area (Å²) in [5.41, 5.74) is 1.06. The molecule has 17 heavy (non-hydrogen) atoms. The smallest absolute Gasteiger partial charge is 0.222 e. The van der Waals surface area contributed by atoms with Gasteiger partial charge in [-0.15, -0.1) is 0 Å². The van der Waals surface area contributed by atoms with Gasteiger partial charge in [-0.05, 0) is 13.3 Å². The Hall–Kier alpha value is -1.49. The summed E-state index contributed by atoms with van der Waals surface area (Å²) in [7, 11) is 0. The first-order valence-electron chi connectivity index (χ1n) is 6.01. The second kappa shape index (κ2) is 5.72. The van der Waals surface area contributed by atoms with E-state index < -0.39 is 0 Å². The molecule has 0 spiro atoms. The van der Waals surface area contributed by atoms with Crippen molar-refractivity contribution in [3.8, 4) is 0 Å². The molecule has 1 fully saturated rings. The molecule has 2 heterocycles. The molecule has 1 saturated heterocycles. The van der Waals surface area contributed by atoms with Gasteiger partial charge in [0.25, 0.3) is 0 Å². The zero-order chi connectivity index (χ0) is 12.1. The van der Waals surface area contributed by atoms with E-state index in [9.17, 15) is 4.79 Å². The zero-order valence-corrected chi connectivity index (χ0v) is 10.1. The number of amides is 1. The van der Waals surface area contributed by atoms with E-state index in [0.29, 0.717) is 6.42 Å². The molecule has 0 radical (unpaired) electrons. The fourth-order valence-electron chi connectivity index (χ4n) is 2.01. The molecule has 5 nitrogen and oxygen atoms in total. The van der Waals surface area contributed by atoms with E-state index in [1.165, 1.54) is 6.33 Å². The summed E-state index contributed by atoms with van der Waals surface area (Å²) >= 11 is 0. The Labute approximate surface area is 101 Å². The summed E-state index contributed by atoms with van der Waals surface area (Å²) in [6.45, 7) is 4.52. The summed E-state index contributed by atoms with van der Waals surface area (Å²) < 4.78 is 0. The van der Waals surface area contributed by atoms with Gasteiger partial charge in [0.1, 0.15) is 6.33 Å². The van der Waals surface area contributed by atoms with Crippen molar-refractivity contribution in [2.24, 2.45) is 0 Å². The summed E-state index contributed by atoms with van der Waals surface area (Å²) in [5.74, 6) is 0.279. The van der Waals surface area contributed by atoms with Gasteiger partial charge in [-0.3, -0.25) is 4.79 Å². The molecule has 1 aliphatic rings. The Balaban J connectivity index is 1.74. The molecule has 1 unspecified atom stereocenters. The minimum Gasteiger partial charge on any atom is -0.341 e. The zero-order valence-electron chi connectivity index (χ0n) is 10.1. The standard InChI is InChI=1S/C12H18N4O/c1-10(8-16-4-2-3-12(16)17)15-7-11-5-13-9-14-6-11/h5-6,9-10,15H,2-4,7-8H2,1H3. The Bertz CT molecular complexity index is 368. The summed E-state index contributed by atoms with van der Waals surface area (Å²) in [5, 5.41) is 3.37. The van der Waals surface area contributed by atoms with Crippen molar-refractivity contribution in [3.63, 3.8) is 0 Å². The molecule has 1 aromatic rings. The van der Waals surface area contributed by atoms with Gasteiger partial charge in [0, 0.05) is 50.1 Å². The van der Waals surface area contributed by atoms with Crippen LogP contribution in [0.5, 0.6) is 0 Å². The van der Waals surface area contributed by atoms with Crippen LogP contribution in [0.25, 0.3) is 0 Å². The van der Waals surface area contributed by atoms with Gasteiger partial charge in [-0.2, -0.15) is 0 Å². The highest BCUT2D eigenvalue weighted by atomic mass is 16.2. The minimum absolute atomic E-state index is 0.279. The maximum absolute atomic E-state index is 11.5. The Morgan fingerprint density at radius 1 is 1.47 bits per heavy atom. The van der Waals surface area contributed by atoms with E-state index in [0.717, 1.165) is 31.6 Å². The fraction of sp³-hybridized carbons (Fsp3) is 0.583. The molecule has 1 atom stereocenters. The first-order valence-corrected chi connectivity index (χ1v) is 6.01. The van der Waals surface area contributed by atoms with Crippen LogP contribution in [-0.4, -0.2) is 39.9 Å². The summed E-state index contributed by atoms with van der Waals surface area (Å²) in [6.07, 6.45) is 6.83. The van der Waals surface area contributed by atoms with Gasteiger partial charge in [-0.1, -0.05) is 0 Å². The topological polar surface area (TPSA) is 58.1 Å². The number of carbonyl (C=O) groups excluding carboxylic acids is 1. The van der Waals surface area contributed by atoms with Crippen LogP contribution in [0.2, 0.25) is 0 Å². The van der Waals surface area contributed by atoms with Crippen LogP contribution in [0.3, 0.4) is 0 Å². The second-order valence-corrected chi connectivity index (χ2v) is 4.47. The molecular weight excluding hydrogens is 216 g/mol. The number of hydrogen-bond donors (Lipinski definition) is 1. The molecular formula is C12H18N4O. The fourth-order valence-corrected chi connectivity index (χ4v) is 2.01. The SMILES string of the molecule is CC(CN1CCCC1=O)NCc1cncnc1. The van der Waals surface area contributed by atoms with E-state index in [-0.39, 0.29) is 11.9 Å². The number of nitrogens with one attached hydrogen (secondary N) is 1.